The summed E-state index contributed by atoms with van der Waals surface area (Å²) >= 11 is 0. The third-order valence-electron chi connectivity index (χ3n) is 4.59. The first-order chi connectivity index (χ1) is 10.3. The Balaban J connectivity index is 1.99. The molecule has 1 aromatic heterocycles. The fraction of sp³-hybridized carbons (Fsp3) is 0.167. The Morgan fingerprint density at radius 3 is 2.76 bits per heavy atom. The summed E-state index contributed by atoms with van der Waals surface area (Å²) < 4.78 is 2.28. The molecular formula is C18H15N3. The summed E-state index contributed by atoms with van der Waals surface area (Å²) in [5.41, 5.74) is 7.70. The van der Waals surface area contributed by atoms with Gasteiger partial charge in [0.25, 0.3) is 0 Å². The van der Waals surface area contributed by atoms with Gasteiger partial charge in [0, 0.05) is 24.0 Å². The van der Waals surface area contributed by atoms with Gasteiger partial charge in [0.05, 0.1) is 17.1 Å². The summed E-state index contributed by atoms with van der Waals surface area (Å²) in [6.07, 6.45) is 3.08. The van der Waals surface area contributed by atoms with Gasteiger partial charge in [-0.25, -0.2) is 4.98 Å². The molecule has 0 saturated heterocycles. The van der Waals surface area contributed by atoms with Gasteiger partial charge in [-0.2, -0.15) is 0 Å². The zero-order valence-corrected chi connectivity index (χ0v) is 11.9. The number of fused-ring (bicyclic) bond motifs is 5. The molecule has 0 atom stereocenters. The van der Waals surface area contributed by atoms with Crippen LogP contribution in [0.4, 0.5) is 11.4 Å². The Labute approximate surface area is 123 Å². The van der Waals surface area contributed by atoms with Gasteiger partial charge in [0.1, 0.15) is 5.82 Å². The number of benzene rings is 2. The van der Waals surface area contributed by atoms with Gasteiger partial charge >= 0.3 is 0 Å². The number of para-hydroxylation sites is 3. The Kier molecular flexibility index (Phi) is 1.99. The monoisotopic (exact) mass is 273 g/mol. The zero-order chi connectivity index (χ0) is 14.0. The first-order valence-electron chi connectivity index (χ1n) is 7.38. The quantitative estimate of drug-likeness (QED) is 0.620. The first kappa shape index (κ1) is 11.1. The largest absolute Gasteiger partial charge is 0.339 e. The van der Waals surface area contributed by atoms with Crippen molar-refractivity contribution in [1.82, 2.24) is 9.55 Å². The standard InChI is InChI=1S/C18H15N3/c1-12-11-19-18-14-6-4-5-13-9-10-20(17(13)14)15-7-2-3-8-16(15)21(12)18/h2-8,11H,9-10H2,1H3. The first-order valence-corrected chi connectivity index (χ1v) is 7.38. The summed E-state index contributed by atoms with van der Waals surface area (Å²) in [5, 5.41) is 0. The predicted octanol–water partition coefficient (Wildman–Crippen LogP) is 3.86. The molecule has 21 heavy (non-hydrogen) atoms. The second-order valence-electron chi connectivity index (χ2n) is 5.76. The van der Waals surface area contributed by atoms with E-state index in [0.717, 1.165) is 18.8 Å². The summed E-state index contributed by atoms with van der Waals surface area (Å²) in [4.78, 5) is 7.15. The highest BCUT2D eigenvalue weighted by molar-refractivity contribution is 5.89. The van der Waals surface area contributed by atoms with E-state index in [0.29, 0.717) is 0 Å². The molecular weight excluding hydrogens is 258 g/mol. The van der Waals surface area contributed by atoms with Crippen LogP contribution in [0.25, 0.3) is 17.1 Å². The molecule has 0 amide bonds. The SMILES string of the molecule is Cc1cnc2n1-c1ccccc1N1CCc3cccc-2c31. The molecule has 3 heterocycles. The molecule has 2 aliphatic rings. The van der Waals surface area contributed by atoms with Crippen molar-refractivity contribution in [2.24, 2.45) is 0 Å². The lowest BCUT2D eigenvalue weighted by molar-refractivity contribution is 0.974. The molecule has 0 aliphatic carbocycles. The van der Waals surface area contributed by atoms with Gasteiger partial charge in [0.2, 0.25) is 0 Å². The summed E-state index contributed by atoms with van der Waals surface area (Å²) in [6, 6.07) is 15.2. The van der Waals surface area contributed by atoms with Crippen LogP contribution in [0.1, 0.15) is 11.3 Å². The average Bonchev–Trinajstić information content (AvgIpc) is 3.07. The van der Waals surface area contributed by atoms with Gasteiger partial charge in [-0.1, -0.05) is 24.3 Å². The highest BCUT2D eigenvalue weighted by Crippen LogP contribution is 2.47. The van der Waals surface area contributed by atoms with Crippen LogP contribution in [-0.2, 0) is 6.42 Å². The van der Waals surface area contributed by atoms with Gasteiger partial charge < -0.3 is 4.90 Å². The lowest BCUT2D eigenvalue weighted by Crippen LogP contribution is -2.14. The van der Waals surface area contributed by atoms with Crippen LogP contribution in [0.5, 0.6) is 0 Å². The van der Waals surface area contributed by atoms with E-state index in [-0.39, 0.29) is 0 Å². The molecule has 0 saturated carbocycles. The molecule has 3 aromatic rings. The molecule has 0 unspecified atom stereocenters. The highest BCUT2D eigenvalue weighted by atomic mass is 15.2. The summed E-state index contributed by atoms with van der Waals surface area (Å²) in [6.45, 7) is 3.17. The molecule has 0 N–H and O–H groups in total. The minimum Gasteiger partial charge on any atom is -0.339 e. The number of rotatable bonds is 0. The molecule has 3 nitrogen and oxygen atoms in total. The maximum absolute atomic E-state index is 4.70. The van der Waals surface area contributed by atoms with Crippen molar-refractivity contribution in [2.45, 2.75) is 13.3 Å². The van der Waals surface area contributed by atoms with Crippen LogP contribution >= 0.6 is 0 Å². The Morgan fingerprint density at radius 2 is 1.86 bits per heavy atom. The van der Waals surface area contributed by atoms with Crippen molar-refractivity contribution in [2.75, 3.05) is 11.4 Å². The molecule has 2 aliphatic heterocycles. The van der Waals surface area contributed by atoms with Crippen molar-refractivity contribution in [1.29, 1.82) is 0 Å². The molecule has 102 valence electrons. The maximum atomic E-state index is 4.70. The number of imidazole rings is 1. The van der Waals surface area contributed by atoms with E-state index in [9.17, 15) is 0 Å². The van der Waals surface area contributed by atoms with Gasteiger partial charge in [-0.15, -0.1) is 0 Å². The number of aromatic nitrogens is 2. The molecule has 0 radical (unpaired) electrons. The van der Waals surface area contributed by atoms with Gasteiger partial charge in [-0.3, -0.25) is 4.57 Å². The Morgan fingerprint density at radius 1 is 1.00 bits per heavy atom. The molecule has 0 bridgehead atoms. The van der Waals surface area contributed by atoms with Crippen LogP contribution in [0.2, 0.25) is 0 Å². The number of anilines is 2. The Hall–Kier alpha value is -2.55. The van der Waals surface area contributed by atoms with Crippen molar-refractivity contribution in [3.05, 3.63) is 59.9 Å². The second-order valence-corrected chi connectivity index (χ2v) is 5.76. The molecule has 0 fully saturated rings. The topological polar surface area (TPSA) is 21.1 Å². The predicted molar refractivity (Wildman–Crippen MR) is 84.4 cm³/mol. The van der Waals surface area contributed by atoms with Crippen LogP contribution in [0, 0.1) is 6.92 Å². The van der Waals surface area contributed by atoms with Crippen molar-refractivity contribution in [3.8, 4) is 17.1 Å². The number of hydrogen-bond acceptors (Lipinski definition) is 2. The molecule has 5 rings (SSSR count). The number of aryl methyl sites for hydroxylation is 1. The lowest BCUT2D eigenvalue weighted by Gasteiger charge is -2.21. The van der Waals surface area contributed by atoms with E-state index in [4.69, 9.17) is 4.98 Å². The normalized spacial score (nSPS) is 14.4. The highest BCUT2D eigenvalue weighted by Gasteiger charge is 2.31. The third kappa shape index (κ3) is 1.31. The maximum Gasteiger partial charge on any atom is 0.146 e. The summed E-state index contributed by atoms with van der Waals surface area (Å²) in [5.74, 6) is 1.06. The van der Waals surface area contributed by atoms with Crippen molar-refractivity contribution < 1.29 is 0 Å². The lowest BCUT2D eigenvalue weighted by atomic mass is 10.1. The molecule has 2 aromatic carbocycles. The van der Waals surface area contributed by atoms with E-state index in [2.05, 4.69) is 58.9 Å². The van der Waals surface area contributed by atoms with Crippen molar-refractivity contribution >= 4 is 11.4 Å². The average molecular weight is 273 g/mol. The Bertz CT molecular complexity index is 876. The summed E-state index contributed by atoms with van der Waals surface area (Å²) in [7, 11) is 0. The minimum absolute atomic E-state index is 1.05. The smallest absolute Gasteiger partial charge is 0.146 e. The van der Waals surface area contributed by atoms with E-state index in [1.54, 1.807) is 0 Å². The molecule has 3 heteroatoms. The zero-order valence-electron chi connectivity index (χ0n) is 11.9. The van der Waals surface area contributed by atoms with E-state index >= 15 is 0 Å². The van der Waals surface area contributed by atoms with Crippen LogP contribution < -0.4 is 4.90 Å². The van der Waals surface area contributed by atoms with Crippen LogP contribution in [-0.4, -0.2) is 16.1 Å². The third-order valence-corrected chi connectivity index (χ3v) is 4.59. The van der Waals surface area contributed by atoms with E-state index < -0.39 is 0 Å². The minimum atomic E-state index is 1.05. The fourth-order valence-electron chi connectivity index (χ4n) is 3.69. The second kappa shape index (κ2) is 3.76. The number of nitrogens with zero attached hydrogens (tertiary/aromatic N) is 3. The van der Waals surface area contributed by atoms with E-state index in [1.165, 1.54) is 33.9 Å². The van der Waals surface area contributed by atoms with Crippen LogP contribution in [0.15, 0.2) is 48.7 Å². The molecule has 0 spiro atoms. The van der Waals surface area contributed by atoms with Gasteiger partial charge in [0.15, 0.2) is 0 Å². The van der Waals surface area contributed by atoms with Crippen molar-refractivity contribution in [3.63, 3.8) is 0 Å². The fourth-order valence-corrected chi connectivity index (χ4v) is 3.69. The van der Waals surface area contributed by atoms with Crippen LogP contribution in [0.3, 0.4) is 0 Å². The van der Waals surface area contributed by atoms with E-state index in [1.807, 2.05) is 6.20 Å². The van der Waals surface area contributed by atoms with Gasteiger partial charge in [-0.05, 0) is 37.1 Å². The number of hydrogen-bond donors (Lipinski definition) is 0.